The molecule has 13 heteroatoms. The fourth-order valence-corrected chi connectivity index (χ4v) is 3.95. The highest BCUT2D eigenvalue weighted by atomic mass is 32.2. The maximum atomic E-state index is 12.1. The number of amides is 2. The van der Waals surface area contributed by atoms with Crippen molar-refractivity contribution in [3.63, 3.8) is 0 Å². The summed E-state index contributed by atoms with van der Waals surface area (Å²) in [4.78, 5) is 24.1. The minimum Gasteiger partial charge on any atom is -0.406 e. The van der Waals surface area contributed by atoms with Crippen LogP contribution in [0.15, 0.2) is 58.3 Å². The van der Waals surface area contributed by atoms with E-state index < -0.39 is 33.9 Å². The van der Waals surface area contributed by atoms with E-state index in [9.17, 15) is 31.2 Å². The van der Waals surface area contributed by atoms with Gasteiger partial charge in [-0.25, -0.2) is 13.1 Å². The minimum atomic E-state index is -4.89. The highest BCUT2D eigenvalue weighted by Gasteiger charge is 2.31. The van der Waals surface area contributed by atoms with Crippen molar-refractivity contribution < 1.29 is 35.9 Å². The van der Waals surface area contributed by atoms with Crippen molar-refractivity contribution in [2.75, 3.05) is 12.3 Å². The van der Waals surface area contributed by atoms with E-state index in [0.29, 0.717) is 0 Å². The van der Waals surface area contributed by atoms with Gasteiger partial charge in [0.25, 0.3) is 0 Å². The third-order valence-corrected chi connectivity index (χ3v) is 6.23. The van der Waals surface area contributed by atoms with E-state index in [1.807, 2.05) is 31.2 Å². The zero-order valence-electron chi connectivity index (χ0n) is 16.7. The first-order chi connectivity index (χ1) is 14.9. The summed E-state index contributed by atoms with van der Waals surface area (Å²) in [7, 11) is -4.05. The summed E-state index contributed by atoms with van der Waals surface area (Å²) in [5.74, 6) is -1.56. The molecule has 8 nitrogen and oxygen atoms in total. The van der Waals surface area contributed by atoms with Gasteiger partial charge in [-0.15, -0.1) is 24.9 Å². The van der Waals surface area contributed by atoms with Crippen LogP contribution in [0.2, 0.25) is 0 Å². The zero-order valence-corrected chi connectivity index (χ0v) is 18.4. The number of sulfonamides is 1. The average Bonchev–Trinajstić information content (AvgIpc) is 2.71. The number of aryl methyl sites for hydroxylation is 1. The van der Waals surface area contributed by atoms with E-state index in [2.05, 4.69) is 20.3 Å². The molecule has 0 aliphatic rings. The van der Waals surface area contributed by atoms with E-state index in [0.717, 1.165) is 34.7 Å². The van der Waals surface area contributed by atoms with Crippen LogP contribution in [0.1, 0.15) is 12.0 Å². The molecule has 32 heavy (non-hydrogen) atoms. The Hall–Kier alpha value is -2.77. The number of nitrogens with one attached hydrogen (secondary N) is 3. The fraction of sp³-hybridized carbons (Fsp3) is 0.263. The molecule has 2 rings (SSSR count). The molecule has 0 radical (unpaired) electrons. The second kappa shape index (κ2) is 11.2. The minimum absolute atomic E-state index is 0.0734. The van der Waals surface area contributed by atoms with Crippen LogP contribution in [-0.2, 0) is 19.6 Å². The second-order valence-electron chi connectivity index (χ2n) is 6.37. The highest BCUT2D eigenvalue weighted by molar-refractivity contribution is 8.00. The molecule has 0 unspecified atom stereocenters. The van der Waals surface area contributed by atoms with Crippen LogP contribution >= 0.6 is 11.8 Å². The summed E-state index contributed by atoms with van der Waals surface area (Å²) in [5, 5.41) is 0. The first-order valence-electron chi connectivity index (χ1n) is 9.07. The van der Waals surface area contributed by atoms with E-state index in [-0.39, 0.29) is 23.6 Å². The second-order valence-corrected chi connectivity index (χ2v) is 9.18. The van der Waals surface area contributed by atoms with Crippen molar-refractivity contribution in [3.8, 4) is 5.75 Å². The molecule has 0 aromatic heterocycles. The first kappa shape index (κ1) is 25.5. The number of benzene rings is 2. The van der Waals surface area contributed by atoms with Gasteiger partial charge in [-0.1, -0.05) is 17.7 Å². The molecular weight excluding hydrogens is 471 g/mol. The number of rotatable bonds is 9. The molecule has 0 bridgehead atoms. The summed E-state index contributed by atoms with van der Waals surface area (Å²) in [6, 6.07) is 11.2. The largest absolute Gasteiger partial charge is 0.573 e. The molecule has 0 atom stereocenters. The monoisotopic (exact) mass is 491 g/mol. The molecule has 2 amide bonds. The Morgan fingerprint density at radius 3 is 2.16 bits per heavy atom. The Balaban J connectivity index is 1.71. The van der Waals surface area contributed by atoms with Crippen LogP contribution in [0, 0.1) is 6.92 Å². The van der Waals surface area contributed by atoms with Crippen molar-refractivity contribution in [3.05, 3.63) is 54.1 Å². The Morgan fingerprint density at radius 1 is 0.969 bits per heavy atom. The lowest BCUT2D eigenvalue weighted by Gasteiger charge is -2.10. The summed E-state index contributed by atoms with van der Waals surface area (Å²) < 4.78 is 66.5. The van der Waals surface area contributed by atoms with Gasteiger partial charge in [0, 0.05) is 17.9 Å². The molecule has 3 N–H and O–H groups in total. The number of hydrogen-bond acceptors (Lipinski definition) is 6. The van der Waals surface area contributed by atoms with Crippen LogP contribution in [0.4, 0.5) is 13.2 Å². The van der Waals surface area contributed by atoms with Gasteiger partial charge in [0.15, 0.2) is 0 Å². The standard InChI is InChI=1S/C19H20F3N3O5S2/c1-13-2-6-15(7-3-13)31-12-18(27)25-24-17(26)10-11-23-32(28,29)16-8-4-14(5-9-16)30-19(20,21)22/h2-9,23H,10-12H2,1H3,(H,24,26)(H,25,27). The van der Waals surface area contributed by atoms with E-state index in [1.165, 1.54) is 11.8 Å². The van der Waals surface area contributed by atoms with Gasteiger partial charge in [0.2, 0.25) is 21.8 Å². The van der Waals surface area contributed by atoms with Crippen molar-refractivity contribution in [1.82, 2.24) is 15.6 Å². The Bertz CT molecular complexity index is 1030. The van der Waals surface area contributed by atoms with E-state index in [1.54, 1.807) is 0 Å². The molecule has 0 aliphatic heterocycles. The third kappa shape index (κ3) is 9.16. The van der Waals surface area contributed by atoms with Gasteiger partial charge in [-0.3, -0.25) is 20.4 Å². The lowest BCUT2D eigenvalue weighted by atomic mass is 10.2. The quantitative estimate of drug-likeness (QED) is 0.367. The van der Waals surface area contributed by atoms with Gasteiger partial charge in [0.1, 0.15) is 5.75 Å². The summed E-state index contributed by atoms with van der Waals surface area (Å²) >= 11 is 1.29. The van der Waals surface area contributed by atoms with Crippen LogP contribution < -0.4 is 20.3 Å². The van der Waals surface area contributed by atoms with Crippen LogP contribution in [0.25, 0.3) is 0 Å². The zero-order chi connectivity index (χ0) is 23.8. The topological polar surface area (TPSA) is 114 Å². The number of hydrazine groups is 1. The molecule has 0 heterocycles. The molecule has 174 valence electrons. The maximum Gasteiger partial charge on any atom is 0.573 e. The SMILES string of the molecule is Cc1ccc(SCC(=O)NNC(=O)CCNS(=O)(=O)c2ccc(OC(F)(F)F)cc2)cc1. The molecule has 0 fully saturated rings. The van der Waals surface area contributed by atoms with Gasteiger partial charge in [-0.2, -0.15) is 0 Å². The van der Waals surface area contributed by atoms with Crippen molar-refractivity contribution in [1.29, 1.82) is 0 Å². The van der Waals surface area contributed by atoms with Crippen molar-refractivity contribution >= 4 is 33.6 Å². The molecular formula is C19H20F3N3O5S2. The van der Waals surface area contributed by atoms with Crippen LogP contribution in [0.3, 0.4) is 0 Å². The predicted octanol–water partition coefficient (Wildman–Crippen LogP) is 2.50. The number of halogens is 3. The van der Waals surface area contributed by atoms with E-state index in [4.69, 9.17) is 0 Å². The molecule has 0 spiro atoms. The predicted molar refractivity (Wildman–Crippen MR) is 111 cm³/mol. The van der Waals surface area contributed by atoms with Gasteiger partial charge in [0.05, 0.1) is 10.6 Å². The molecule has 0 saturated heterocycles. The smallest absolute Gasteiger partial charge is 0.406 e. The number of alkyl halides is 3. The van der Waals surface area contributed by atoms with Crippen LogP contribution in [-0.4, -0.2) is 38.9 Å². The fourth-order valence-electron chi connectivity index (χ4n) is 2.22. The highest BCUT2D eigenvalue weighted by Crippen LogP contribution is 2.23. The lowest BCUT2D eigenvalue weighted by Crippen LogP contribution is -2.43. The molecule has 2 aromatic carbocycles. The molecule has 0 saturated carbocycles. The van der Waals surface area contributed by atoms with Gasteiger partial charge < -0.3 is 4.74 Å². The normalized spacial score (nSPS) is 11.6. The number of hydrogen-bond donors (Lipinski definition) is 3. The number of thioether (sulfide) groups is 1. The summed E-state index contributed by atoms with van der Waals surface area (Å²) in [6.45, 7) is 1.66. The van der Waals surface area contributed by atoms with Gasteiger partial charge in [-0.05, 0) is 43.3 Å². The maximum absolute atomic E-state index is 12.1. The first-order valence-corrected chi connectivity index (χ1v) is 11.5. The summed E-state index contributed by atoms with van der Waals surface area (Å²) in [6.07, 6.45) is -5.17. The van der Waals surface area contributed by atoms with E-state index >= 15 is 0 Å². The molecule has 2 aromatic rings. The summed E-state index contributed by atoms with van der Waals surface area (Å²) in [5.41, 5.74) is 5.49. The lowest BCUT2D eigenvalue weighted by molar-refractivity contribution is -0.274. The van der Waals surface area contributed by atoms with Gasteiger partial charge >= 0.3 is 6.36 Å². The van der Waals surface area contributed by atoms with Crippen LogP contribution in [0.5, 0.6) is 5.75 Å². The Morgan fingerprint density at radius 2 is 1.56 bits per heavy atom. The number of ether oxygens (including phenoxy) is 1. The third-order valence-electron chi connectivity index (χ3n) is 3.74. The number of carbonyl (C=O) groups excluding carboxylic acids is 2. The van der Waals surface area contributed by atoms with Crippen molar-refractivity contribution in [2.24, 2.45) is 0 Å². The number of carbonyl (C=O) groups is 2. The average molecular weight is 492 g/mol. The molecule has 0 aliphatic carbocycles. The van der Waals surface area contributed by atoms with Crippen molar-refractivity contribution in [2.45, 2.75) is 29.5 Å². The Kier molecular flexibility index (Phi) is 8.92. The Labute approximate surface area is 186 Å².